The molecule has 0 unspecified atom stereocenters. The number of aromatic nitrogens is 3. The number of halogens is 1. The highest BCUT2D eigenvalue weighted by Gasteiger charge is 2.14. The van der Waals surface area contributed by atoms with Gasteiger partial charge in [0.05, 0.1) is 5.56 Å². The number of nitrogens with zero attached hydrogens (tertiary/aromatic N) is 3. The molecule has 3 rings (SSSR count). The van der Waals surface area contributed by atoms with Crippen molar-refractivity contribution in [2.24, 2.45) is 0 Å². The molecule has 0 saturated heterocycles. The molecule has 0 fully saturated rings. The van der Waals surface area contributed by atoms with Crippen LogP contribution in [0.4, 0.5) is 5.69 Å². The average molecular weight is 331 g/mol. The molecular weight excluding hydrogens is 320 g/mol. The summed E-state index contributed by atoms with van der Waals surface area (Å²) in [5.41, 5.74) is 8.79. The topological polar surface area (TPSA) is 77.8 Å². The lowest BCUT2D eigenvalue weighted by atomic mass is 10.2. The fraction of sp³-hybridized carbons (Fsp3) is 0.0714. The van der Waals surface area contributed by atoms with Crippen molar-refractivity contribution in [2.75, 3.05) is 5.73 Å². The van der Waals surface area contributed by atoms with Crippen molar-refractivity contribution in [1.29, 1.82) is 0 Å². The molecular formula is C14H11BrN4O. The van der Waals surface area contributed by atoms with Gasteiger partial charge in [-0.25, -0.2) is 4.98 Å². The van der Waals surface area contributed by atoms with Crippen molar-refractivity contribution in [3.05, 3.63) is 46.6 Å². The van der Waals surface area contributed by atoms with Crippen molar-refractivity contribution in [2.45, 2.75) is 6.92 Å². The van der Waals surface area contributed by atoms with Crippen molar-refractivity contribution < 1.29 is 4.52 Å². The number of anilines is 1. The van der Waals surface area contributed by atoms with Crippen LogP contribution in [0, 0.1) is 6.92 Å². The smallest absolute Gasteiger partial charge is 0.260 e. The summed E-state index contributed by atoms with van der Waals surface area (Å²) in [5.74, 6) is 0.824. The van der Waals surface area contributed by atoms with Gasteiger partial charge in [0.2, 0.25) is 5.82 Å². The first-order valence-electron chi connectivity index (χ1n) is 5.96. The number of hydrogen-bond acceptors (Lipinski definition) is 5. The summed E-state index contributed by atoms with van der Waals surface area (Å²) in [6.45, 7) is 1.91. The molecule has 0 amide bonds. The van der Waals surface area contributed by atoms with Gasteiger partial charge in [0.25, 0.3) is 5.89 Å². The van der Waals surface area contributed by atoms with Gasteiger partial charge >= 0.3 is 0 Å². The standard InChI is InChI=1S/C14H11BrN4O/c1-8-3-2-4-12(17-8)13-18-14(20-19-13)10-7-9(15)5-6-11(10)16/h2-7H,16H2,1H3. The maximum Gasteiger partial charge on any atom is 0.260 e. The third kappa shape index (κ3) is 2.42. The highest BCUT2D eigenvalue weighted by Crippen LogP contribution is 2.29. The molecule has 100 valence electrons. The highest BCUT2D eigenvalue weighted by atomic mass is 79.9. The summed E-state index contributed by atoms with van der Waals surface area (Å²) in [6.07, 6.45) is 0. The van der Waals surface area contributed by atoms with Crippen LogP contribution in [0.15, 0.2) is 45.4 Å². The van der Waals surface area contributed by atoms with Gasteiger partial charge in [-0.1, -0.05) is 27.2 Å². The second-order valence-corrected chi connectivity index (χ2v) is 5.23. The Morgan fingerprint density at radius 2 is 2.00 bits per heavy atom. The molecule has 0 aliphatic heterocycles. The Balaban J connectivity index is 2.04. The number of aryl methyl sites for hydroxylation is 1. The molecule has 5 nitrogen and oxygen atoms in total. The van der Waals surface area contributed by atoms with E-state index >= 15 is 0 Å². The van der Waals surface area contributed by atoms with E-state index in [9.17, 15) is 0 Å². The van der Waals surface area contributed by atoms with Gasteiger partial charge in [0.1, 0.15) is 5.69 Å². The lowest BCUT2D eigenvalue weighted by Gasteiger charge is -2.00. The Hall–Kier alpha value is -2.21. The van der Waals surface area contributed by atoms with Gasteiger partial charge < -0.3 is 10.3 Å². The molecule has 3 aromatic rings. The maximum absolute atomic E-state index is 5.93. The van der Waals surface area contributed by atoms with Crippen LogP contribution < -0.4 is 5.73 Å². The molecule has 0 radical (unpaired) electrons. The van der Waals surface area contributed by atoms with Gasteiger partial charge in [0, 0.05) is 15.9 Å². The third-order valence-corrected chi connectivity index (χ3v) is 3.28. The van der Waals surface area contributed by atoms with E-state index in [0.717, 1.165) is 10.2 Å². The van der Waals surface area contributed by atoms with Gasteiger partial charge in [-0.05, 0) is 37.3 Å². The van der Waals surface area contributed by atoms with Crippen molar-refractivity contribution >= 4 is 21.6 Å². The van der Waals surface area contributed by atoms with Gasteiger partial charge in [0.15, 0.2) is 0 Å². The quantitative estimate of drug-likeness (QED) is 0.728. The first-order chi connectivity index (χ1) is 9.63. The van der Waals surface area contributed by atoms with Crippen LogP contribution >= 0.6 is 15.9 Å². The lowest BCUT2D eigenvalue weighted by molar-refractivity contribution is 0.432. The fourth-order valence-electron chi connectivity index (χ4n) is 1.82. The van der Waals surface area contributed by atoms with Crippen LogP contribution in [-0.2, 0) is 0 Å². The minimum atomic E-state index is 0.377. The Bertz CT molecular complexity index is 769. The minimum absolute atomic E-state index is 0.377. The summed E-state index contributed by atoms with van der Waals surface area (Å²) < 4.78 is 6.18. The molecule has 2 aromatic heterocycles. The summed E-state index contributed by atoms with van der Waals surface area (Å²) in [5, 5.41) is 3.96. The van der Waals surface area contributed by atoms with Crippen LogP contribution in [0.5, 0.6) is 0 Å². The van der Waals surface area contributed by atoms with Crippen LogP contribution in [0.2, 0.25) is 0 Å². The van der Waals surface area contributed by atoms with Crippen molar-refractivity contribution in [3.8, 4) is 23.0 Å². The molecule has 0 aliphatic carbocycles. The molecule has 0 saturated carbocycles. The molecule has 1 aromatic carbocycles. The zero-order chi connectivity index (χ0) is 14.1. The number of pyridine rings is 1. The Morgan fingerprint density at radius 3 is 2.80 bits per heavy atom. The second kappa shape index (κ2) is 5.05. The lowest BCUT2D eigenvalue weighted by Crippen LogP contribution is -1.91. The van der Waals surface area contributed by atoms with E-state index in [1.165, 1.54) is 0 Å². The average Bonchev–Trinajstić information content (AvgIpc) is 2.91. The minimum Gasteiger partial charge on any atom is -0.398 e. The number of nitrogen functional groups attached to an aromatic ring is 1. The van der Waals surface area contributed by atoms with E-state index in [-0.39, 0.29) is 0 Å². The Kier molecular flexibility index (Phi) is 3.23. The zero-order valence-corrected chi connectivity index (χ0v) is 12.3. The van der Waals surface area contributed by atoms with Gasteiger partial charge in [-0.15, -0.1) is 0 Å². The van der Waals surface area contributed by atoms with E-state index in [4.69, 9.17) is 10.3 Å². The monoisotopic (exact) mass is 330 g/mol. The molecule has 6 heteroatoms. The molecule has 0 bridgehead atoms. The fourth-order valence-corrected chi connectivity index (χ4v) is 2.18. The predicted molar refractivity (Wildman–Crippen MR) is 79.8 cm³/mol. The van der Waals surface area contributed by atoms with Crippen LogP contribution in [-0.4, -0.2) is 15.1 Å². The summed E-state index contributed by atoms with van der Waals surface area (Å²) in [7, 11) is 0. The molecule has 20 heavy (non-hydrogen) atoms. The number of nitrogens with two attached hydrogens (primary N) is 1. The van der Waals surface area contributed by atoms with Crippen LogP contribution in [0.25, 0.3) is 23.0 Å². The number of rotatable bonds is 2. The summed E-state index contributed by atoms with van der Waals surface area (Å²) >= 11 is 3.40. The van der Waals surface area contributed by atoms with Gasteiger partial charge in [-0.3, -0.25) is 0 Å². The Morgan fingerprint density at radius 1 is 1.15 bits per heavy atom. The first-order valence-corrected chi connectivity index (χ1v) is 6.76. The molecule has 2 heterocycles. The molecule has 0 aliphatic rings. The normalized spacial score (nSPS) is 10.7. The second-order valence-electron chi connectivity index (χ2n) is 4.32. The largest absolute Gasteiger partial charge is 0.398 e. The predicted octanol–water partition coefficient (Wildman–Crippen LogP) is 3.45. The number of hydrogen-bond donors (Lipinski definition) is 1. The van der Waals surface area contributed by atoms with E-state index in [2.05, 4.69) is 31.1 Å². The third-order valence-electron chi connectivity index (χ3n) is 2.79. The highest BCUT2D eigenvalue weighted by molar-refractivity contribution is 9.10. The first kappa shape index (κ1) is 12.8. The summed E-state index contributed by atoms with van der Waals surface area (Å²) in [6, 6.07) is 11.1. The molecule has 0 spiro atoms. The van der Waals surface area contributed by atoms with E-state index in [1.54, 1.807) is 6.07 Å². The molecule has 2 N–H and O–H groups in total. The van der Waals surface area contributed by atoms with Crippen LogP contribution in [0.3, 0.4) is 0 Å². The SMILES string of the molecule is Cc1cccc(-c2noc(-c3cc(Br)ccc3N)n2)n1. The summed E-state index contributed by atoms with van der Waals surface area (Å²) in [4.78, 5) is 8.72. The van der Waals surface area contributed by atoms with E-state index < -0.39 is 0 Å². The van der Waals surface area contributed by atoms with Crippen molar-refractivity contribution in [1.82, 2.24) is 15.1 Å². The molecule has 0 atom stereocenters. The van der Waals surface area contributed by atoms with Crippen molar-refractivity contribution in [3.63, 3.8) is 0 Å². The van der Waals surface area contributed by atoms with Gasteiger partial charge in [-0.2, -0.15) is 4.98 Å². The zero-order valence-electron chi connectivity index (χ0n) is 10.7. The Labute approximate surface area is 124 Å². The van der Waals surface area contributed by atoms with E-state index in [0.29, 0.717) is 28.7 Å². The van der Waals surface area contributed by atoms with E-state index in [1.807, 2.05) is 37.3 Å². The maximum atomic E-state index is 5.93. The van der Waals surface area contributed by atoms with Crippen LogP contribution in [0.1, 0.15) is 5.69 Å². The number of benzene rings is 1.